The highest BCUT2D eigenvalue weighted by Gasteiger charge is 2.52. The van der Waals surface area contributed by atoms with Crippen molar-refractivity contribution in [2.75, 3.05) is 94.8 Å². The average Bonchev–Trinajstić information content (AvgIpc) is 1.73. The van der Waals surface area contributed by atoms with E-state index >= 15 is 43.2 Å². The zero-order valence-electron chi connectivity index (χ0n) is 64.6. The van der Waals surface area contributed by atoms with Crippen molar-refractivity contribution >= 4 is 82.5 Å². The molecule has 3 N–H and O–H groups in total. The van der Waals surface area contributed by atoms with Gasteiger partial charge in [0, 0.05) is 74.9 Å². The molecule has 0 aromatic heterocycles. The summed E-state index contributed by atoms with van der Waals surface area (Å²) in [7, 11) is 8.51. The Bertz CT molecular complexity index is 3610. The van der Waals surface area contributed by atoms with E-state index < -0.39 is 173 Å². The molecule has 2 aromatic carbocycles. The highest BCUT2D eigenvalue weighted by atomic mass is 35.5. The van der Waals surface area contributed by atoms with Crippen LogP contribution in [0.2, 0.25) is 5.02 Å². The third-order valence-electron chi connectivity index (χ3n) is 22.7. The number of aryl methyl sites for hydroxylation is 1. The average molecular weight is 1520 g/mol. The van der Waals surface area contributed by atoms with Crippen LogP contribution in [-0.4, -0.2) is 264 Å². The molecule has 0 unspecified atom stereocenters. The van der Waals surface area contributed by atoms with E-state index in [9.17, 15) is 27.6 Å². The molecule has 590 valence electrons. The second-order valence-electron chi connectivity index (χ2n) is 31.7. The van der Waals surface area contributed by atoms with Crippen LogP contribution in [-0.2, 0) is 86.7 Å². The molecule has 8 rings (SSSR count). The largest absolute Gasteiger partial charge is 0.417 e. The number of morpholine rings is 1. The highest BCUT2D eigenvalue weighted by Crippen LogP contribution is 2.39. The highest BCUT2D eigenvalue weighted by molar-refractivity contribution is 6.31. The van der Waals surface area contributed by atoms with E-state index in [2.05, 4.69) is 16.0 Å². The van der Waals surface area contributed by atoms with Gasteiger partial charge in [0.1, 0.15) is 53.9 Å². The van der Waals surface area contributed by atoms with E-state index in [1.807, 2.05) is 65.8 Å². The number of rotatable bonds is 11. The third-order valence-corrected chi connectivity index (χ3v) is 23.0. The van der Waals surface area contributed by atoms with Crippen LogP contribution in [0.25, 0.3) is 0 Å². The molecule has 2 aromatic rings. The van der Waals surface area contributed by atoms with Crippen molar-refractivity contribution in [3.05, 3.63) is 81.9 Å². The maximum absolute atomic E-state index is 15.8. The number of halogens is 4. The third kappa shape index (κ3) is 20.4. The summed E-state index contributed by atoms with van der Waals surface area (Å²) in [5, 5.41) is 8.18. The maximum atomic E-state index is 15.8. The molecule has 0 radical (unpaired) electrons. The van der Waals surface area contributed by atoms with Crippen LogP contribution in [0.15, 0.2) is 54.6 Å². The second kappa shape index (κ2) is 36.4. The summed E-state index contributed by atoms with van der Waals surface area (Å²) in [6.07, 6.45) is 2.35. The molecular weight excluding hydrogens is 1410 g/mol. The molecule has 4 heterocycles. The number of carbonyl (C=O) groups is 12. The number of alkyl halides is 3. The lowest BCUT2D eigenvalue weighted by Crippen LogP contribution is -2.65. The lowest BCUT2D eigenvalue weighted by Gasteiger charge is -2.42. The van der Waals surface area contributed by atoms with Crippen LogP contribution in [0.4, 0.5) is 13.2 Å². The Morgan fingerprint density at radius 1 is 0.654 bits per heavy atom. The van der Waals surface area contributed by atoms with Gasteiger partial charge in [-0.1, -0.05) is 135 Å². The number of amides is 12. The van der Waals surface area contributed by atoms with E-state index in [1.165, 1.54) is 82.7 Å². The van der Waals surface area contributed by atoms with Gasteiger partial charge in [-0.3, -0.25) is 57.5 Å². The molecule has 6 aliphatic rings. The number of nitrogens with zero attached hydrogens (tertiary/aromatic N) is 9. The van der Waals surface area contributed by atoms with Crippen molar-refractivity contribution < 1.29 is 75.4 Å². The molecule has 3 saturated heterocycles. The monoisotopic (exact) mass is 1520 g/mol. The number of fused-ring (bicyclic) bond motifs is 3. The molecule has 9 atom stereocenters. The van der Waals surface area contributed by atoms with Crippen molar-refractivity contribution in [2.24, 2.45) is 17.8 Å². The first-order valence-electron chi connectivity index (χ1n) is 37.9. The van der Waals surface area contributed by atoms with Crippen LogP contribution in [0.1, 0.15) is 167 Å². The van der Waals surface area contributed by atoms with Gasteiger partial charge in [0.25, 0.3) is 0 Å². The summed E-state index contributed by atoms with van der Waals surface area (Å²) in [5.41, 5.74) is -1.01. The number of hydrogen-bond acceptors (Lipinski definition) is 13. The number of ether oxygens (including phenoxy) is 1. The Morgan fingerprint density at radius 3 is 1.90 bits per heavy atom. The fourth-order valence-corrected chi connectivity index (χ4v) is 16.2. The summed E-state index contributed by atoms with van der Waals surface area (Å²) >= 11 is 6.20. The molecule has 12 amide bonds. The zero-order chi connectivity index (χ0) is 78.7. The minimum Gasteiger partial charge on any atom is -0.378 e. The van der Waals surface area contributed by atoms with Gasteiger partial charge < -0.3 is 64.8 Å². The Morgan fingerprint density at radius 2 is 1.29 bits per heavy atom. The normalized spacial score (nSPS) is 26.1. The lowest BCUT2D eigenvalue weighted by molar-refractivity contribution is -0.157. The van der Waals surface area contributed by atoms with Gasteiger partial charge in [-0.15, -0.1) is 0 Å². The number of likely N-dealkylation sites (N-methyl/N-ethyl adjacent to an activating group) is 6. The first-order valence-corrected chi connectivity index (χ1v) is 38.3. The Hall–Kier alpha value is -8.14. The van der Waals surface area contributed by atoms with E-state index in [0.29, 0.717) is 44.1 Å². The molecule has 2 bridgehead atoms. The van der Waals surface area contributed by atoms with Crippen molar-refractivity contribution in [2.45, 2.75) is 223 Å². The van der Waals surface area contributed by atoms with Crippen LogP contribution in [0.3, 0.4) is 0 Å². The van der Waals surface area contributed by atoms with E-state index in [-0.39, 0.29) is 108 Å². The van der Waals surface area contributed by atoms with Crippen molar-refractivity contribution in [1.82, 2.24) is 60.0 Å². The van der Waals surface area contributed by atoms with Gasteiger partial charge in [0.2, 0.25) is 70.9 Å². The number of benzene rings is 2. The zero-order valence-corrected chi connectivity index (χ0v) is 65.3. The molecule has 2 saturated carbocycles. The quantitative estimate of drug-likeness (QED) is 0.213. The molecule has 107 heavy (non-hydrogen) atoms. The lowest BCUT2D eigenvalue weighted by atomic mass is 9.86. The maximum Gasteiger partial charge on any atom is 0.417 e. The van der Waals surface area contributed by atoms with Crippen LogP contribution in [0, 0.1) is 17.8 Å². The Labute approximate surface area is 632 Å². The van der Waals surface area contributed by atoms with E-state index in [0.717, 1.165) is 40.3 Å². The molecule has 5 fully saturated rings. The number of nitrogens with one attached hydrogen (secondary N) is 3. The summed E-state index contributed by atoms with van der Waals surface area (Å²) in [4.78, 5) is 194. The van der Waals surface area contributed by atoms with Crippen LogP contribution >= 0.6 is 11.6 Å². The first kappa shape index (κ1) is 84.5. The van der Waals surface area contributed by atoms with Gasteiger partial charge in [0.15, 0.2) is 0 Å². The summed E-state index contributed by atoms with van der Waals surface area (Å²) in [5.74, 6) is -9.22. The van der Waals surface area contributed by atoms with Crippen molar-refractivity contribution in [3.8, 4) is 0 Å². The summed E-state index contributed by atoms with van der Waals surface area (Å²) in [6, 6.07) is 0.333. The first-order chi connectivity index (χ1) is 50.4. The molecule has 25 nitrogen and oxygen atoms in total. The van der Waals surface area contributed by atoms with Crippen molar-refractivity contribution in [3.63, 3.8) is 0 Å². The molecule has 29 heteroatoms. The smallest absolute Gasteiger partial charge is 0.378 e. The number of carbonyl (C=O) groups excluding carboxylic acids is 12. The topological polar surface area (TPSA) is 279 Å². The molecule has 1 spiro atoms. The fraction of sp³-hybridized carbons (Fsp3) is 0.667. The van der Waals surface area contributed by atoms with Gasteiger partial charge in [-0.2, -0.15) is 13.2 Å². The Balaban J connectivity index is 1.21. The minimum atomic E-state index is -4.78. The van der Waals surface area contributed by atoms with Crippen LogP contribution < -0.4 is 16.0 Å². The predicted octanol–water partition coefficient (Wildman–Crippen LogP) is 6.15. The number of hydrogen-bond donors (Lipinski definition) is 3. The van der Waals surface area contributed by atoms with E-state index in [4.69, 9.17) is 16.3 Å². The minimum absolute atomic E-state index is 0.00334. The van der Waals surface area contributed by atoms with Gasteiger partial charge in [0.05, 0.1) is 43.3 Å². The van der Waals surface area contributed by atoms with Gasteiger partial charge >= 0.3 is 6.18 Å². The molecular formula is C78H112ClF3N12O13. The fourth-order valence-electron chi connectivity index (χ4n) is 15.9. The molecule has 4 aliphatic heterocycles. The van der Waals surface area contributed by atoms with Crippen LogP contribution in [0.5, 0.6) is 0 Å². The Kier molecular flexibility index (Phi) is 28.7. The molecule has 2 aliphatic carbocycles. The van der Waals surface area contributed by atoms with Crippen molar-refractivity contribution in [1.29, 1.82) is 0 Å². The second-order valence-corrected chi connectivity index (χ2v) is 32.2. The van der Waals surface area contributed by atoms with Gasteiger partial charge in [-0.25, -0.2) is 0 Å². The van der Waals surface area contributed by atoms with Gasteiger partial charge in [-0.05, 0) is 116 Å². The standard InChI is InChI=1S/C78H112ClF3N12O13/c1-14-49(4)65-73(104)87(9)47-64(97)88(10)58-24-17-20-36-94(72(58)103)61(44-51-26-30-53(31-27-51)76(5,6)7)70(101)86(8)46-62(95)83-56(33-29-50-28-32-54(55(79)43-50)78(80,81)82)69(100)93-37-21-25-57(93)68(99)85-77(34-18-19-35-77)75(106)91(13)66(52-22-15-16-23-52)74(105)90(12)60(71(102)92-38-40-107-41-39-92)45-63(96)89(11)59(42-48(2)3)67(98)84-65/h17,20,26-28,30-32,43,48-49,52,56-61,65-66H,14-16,18-19,21-25,29,33-42,44-47H2,1-13H3,(H,83,95)(H,84,98)(H,85,99)/t49-,56+,57-,58-,59-,60-,61-,65-,66-/m0/s1. The van der Waals surface area contributed by atoms with E-state index in [1.54, 1.807) is 19.1 Å². The summed E-state index contributed by atoms with van der Waals surface area (Å²) < 4.78 is 47.5. The SMILES string of the molecule is CC[C@H](C)[C@@H]1NC(=O)[C@H](CC(C)C)N(C)C(=O)C[C@@H](C(=O)N2CCOCC2)N(C)C(=O)[C@H](C2CCCC2)N(C)C(=O)C2(CCCC2)NC(=O)[C@@H]2CCCN2C(=O)[C@@H](CCc2ccc(C(F)(F)F)c(Cl)c2)NC(=O)CN(C)C(=O)[C@H](Cc2ccc(C(C)(C)C)cc2)N2CC=CC[C@@H](C2=O)N(C)C(=O)CN(C)C1=O. The predicted molar refractivity (Wildman–Crippen MR) is 395 cm³/mol. The summed E-state index contributed by atoms with van der Waals surface area (Å²) in [6.45, 7) is 12.8.